The molecule has 0 N–H and O–H groups in total. The number of ether oxygens (including phenoxy) is 2. The minimum atomic E-state index is -0.931. The largest absolute Gasteiger partial charge is 0.489 e. The molecule has 2 heterocycles. The molecule has 0 fully saturated rings. The molecule has 3 aromatic carbocycles. The monoisotopic (exact) mass is 583 g/mol. The SMILES string of the molecule is CCOC(=O)C1=C(C)N=c2s/c(=C/c3ccc(OCc4ccc(C)cc4)cc3)c(=O)n2[C@H]1c1ccc(C)c([N+](=O)[O-])c1. The van der Waals surface area contributed by atoms with Crippen LogP contribution in [0.5, 0.6) is 5.75 Å². The number of nitro groups is 1. The highest BCUT2D eigenvalue weighted by atomic mass is 32.1. The van der Waals surface area contributed by atoms with Crippen LogP contribution in [0.1, 0.15) is 47.7 Å². The van der Waals surface area contributed by atoms with E-state index in [1.165, 1.54) is 27.5 Å². The van der Waals surface area contributed by atoms with Gasteiger partial charge in [0.25, 0.3) is 11.2 Å². The van der Waals surface area contributed by atoms with Crippen molar-refractivity contribution in [2.45, 2.75) is 40.3 Å². The van der Waals surface area contributed by atoms with E-state index in [4.69, 9.17) is 9.47 Å². The Labute approximate surface area is 245 Å². The minimum absolute atomic E-state index is 0.0998. The normalized spacial score (nSPS) is 14.8. The number of hydrogen-bond acceptors (Lipinski definition) is 8. The Morgan fingerprint density at radius 2 is 1.79 bits per heavy atom. The van der Waals surface area contributed by atoms with Crippen LogP contribution in [0.2, 0.25) is 0 Å². The molecule has 1 aromatic heterocycles. The van der Waals surface area contributed by atoms with Crippen molar-refractivity contribution in [2.75, 3.05) is 6.61 Å². The summed E-state index contributed by atoms with van der Waals surface area (Å²) in [4.78, 5) is 43.1. The van der Waals surface area contributed by atoms with Gasteiger partial charge >= 0.3 is 5.97 Å². The van der Waals surface area contributed by atoms with Crippen molar-refractivity contribution >= 4 is 29.1 Å². The molecule has 0 unspecified atom stereocenters. The number of fused-ring (bicyclic) bond motifs is 1. The van der Waals surface area contributed by atoms with Gasteiger partial charge in [0.15, 0.2) is 4.80 Å². The summed E-state index contributed by atoms with van der Waals surface area (Å²) in [6, 6.07) is 19.3. The van der Waals surface area contributed by atoms with Crippen LogP contribution in [-0.4, -0.2) is 22.1 Å². The van der Waals surface area contributed by atoms with Crippen molar-refractivity contribution in [3.63, 3.8) is 0 Å². The van der Waals surface area contributed by atoms with E-state index in [9.17, 15) is 19.7 Å². The molecule has 5 rings (SSSR count). The zero-order chi connectivity index (χ0) is 30.0. The lowest BCUT2D eigenvalue weighted by atomic mass is 9.94. The van der Waals surface area contributed by atoms with Gasteiger partial charge in [-0.3, -0.25) is 19.5 Å². The van der Waals surface area contributed by atoms with Crippen molar-refractivity contribution in [1.29, 1.82) is 0 Å². The maximum absolute atomic E-state index is 13.8. The lowest BCUT2D eigenvalue weighted by Gasteiger charge is -2.24. The van der Waals surface area contributed by atoms with Gasteiger partial charge in [0.05, 0.1) is 33.4 Å². The maximum atomic E-state index is 13.8. The van der Waals surface area contributed by atoms with E-state index >= 15 is 0 Å². The minimum Gasteiger partial charge on any atom is -0.489 e. The van der Waals surface area contributed by atoms with E-state index in [1.807, 2.05) is 55.5 Å². The molecule has 0 saturated heterocycles. The number of rotatable bonds is 8. The molecule has 0 amide bonds. The molecule has 0 aliphatic carbocycles. The average molecular weight is 584 g/mol. The summed E-state index contributed by atoms with van der Waals surface area (Å²) in [6.45, 7) is 7.61. The third kappa shape index (κ3) is 5.80. The van der Waals surface area contributed by atoms with Gasteiger partial charge in [-0.2, -0.15) is 0 Å². The second kappa shape index (κ2) is 12.0. The first kappa shape index (κ1) is 28.7. The third-order valence-corrected chi connectivity index (χ3v) is 7.95. The molecule has 0 bridgehead atoms. The molecular weight excluding hydrogens is 554 g/mol. The number of thiazole rings is 1. The topological polar surface area (TPSA) is 113 Å². The number of aryl methyl sites for hydroxylation is 2. The standard InChI is InChI=1S/C32H29N3O6S/c1-5-40-31(37)28-21(4)33-32-34(29(28)24-13-8-20(3)26(17-24)35(38)39)30(36)27(42-32)16-22-11-14-25(15-12-22)41-18-23-9-6-19(2)7-10-23/h6-17,29H,5,18H2,1-4H3/b27-16+/t29-/m0/s1. The van der Waals surface area contributed by atoms with Crippen molar-refractivity contribution in [3.05, 3.63) is 136 Å². The number of esters is 1. The van der Waals surface area contributed by atoms with Crippen LogP contribution in [0.25, 0.3) is 6.08 Å². The molecular formula is C32H29N3O6S. The molecule has 42 heavy (non-hydrogen) atoms. The van der Waals surface area contributed by atoms with Gasteiger partial charge in [-0.15, -0.1) is 0 Å². The van der Waals surface area contributed by atoms with Crippen molar-refractivity contribution in [1.82, 2.24) is 4.57 Å². The molecule has 1 aliphatic heterocycles. The summed E-state index contributed by atoms with van der Waals surface area (Å²) in [7, 11) is 0. The number of carbonyl (C=O) groups is 1. The summed E-state index contributed by atoms with van der Waals surface area (Å²) in [6.07, 6.45) is 1.76. The van der Waals surface area contributed by atoms with Gasteiger partial charge in [-0.05, 0) is 62.6 Å². The molecule has 0 spiro atoms. The molecule has 10 heteroatoms. The Kier molecular flexibility index (Phi) is 8.17. The van der Waals surface area contributed by atoms with Gasteiger partial charge in [0.1, 0.15) is 12.4 Å². The molecule has 9 nitrogen and oxygen atoms in total. The smallest absolute Gasteiger partial charge is 0.338 e. The van der Waals surface area contributed by atoms with Crippen LogP contribution in [-0.2, 0) is 16.1 Å². The Balaban J connectivity index is 1.53. The maximum Gasteiger partial charge on any atom is 0.338 e. The molecule has 4 aromatic rings. The van der Waals surface area contributed by atoms with Gasteiger partial charge < -0.3 is 9.47 Å². The highest BCUT2D eigenvalue weighted by Gasteiger charge is 2.34. The van der Waals surface area contributed by atoms with Crippen LogP contribution in [0, 0.1) is 24.0 Å². The van der Waals surface area contributed by atoms with E-state index in [2.05, 4.69) is 4.99 Å². The van der Waals surface area contributed by atoms with Crippen LogP contribution >= 0.6 is 11.3 Å². The fourth-order valence-electron chi connectivity index (χ4n) is 4.76. The molecule has 1 atom stereocenters. The van der Waals surface area contributed by atoms with Crippen LogP contribution < -0.4 is 19.6 Å². The number of carbonyl (C=O) groups excluding carboxylic acids is 1. The Morgan fingerprint density at radius 1 is 1.07 bits per heavy atom. The highest BCUT2D eigenvalue weighted by molar-refractivity contribution is 7.07. The van der Waals surface area contributed by atoms with Gasteiger partial charge in [0, 0.05) is 11.6 Å². The van der Waals surface area contributed by atoms with Gasteiger partial charge in [0.2, 0.25) is 0 Å². The first-order valence-corrected chi connectivity index (χ1v) is 14.2. The number of aromatic nitrogens is 1. The third-order valence-electron chi connectivity index (χ3n) is 6.97. The quantitative estimate of drug-likeness (QED) is 0.166. The zero-order valence-electron chi connectivity index (χ0n) is 23.6. The van der Waals surface area contributed by atoms with Crippen molar-refractivity contribution in [2.24, 2.45) is 4.99 Å². The van der Waals surface area contributed by atoms with Gasteiger partial charge in [-0.1, -0.05) is 65.4 Å². The lowest BCUT2D eigenvalue weighted by Crippen LogP contribution is -2.40. The van der Waals surface area contributed by atoms with E-state index in [0.29, 0.717) is 38.5 Å². The fraction of sp³-hybridized carbons (Fsp3) is 0.219. The summed E-state index contributed by atoms with van der Waals surface area (Å²) in [5.41, 5.74) is 4.04. The molecule has 1 aliphatic rings. The van der Waals surface area contributed by atoms with Crippen LogP contribution in [0.15, 0.2) is 87.8 Å². The van der Waals surface area contributed by atoms with Crippen molar-refractivity contribution in [3.8, 4) is 5.75 Å². The lowest BCUT2D eigenvalue weighted by molar-refractivity contribution is -0.385. The first-order valence-electron chi connectivity index (χ1n) is 13.4. The summed E-state index contributed by atoms with van der Waals surface area (Å²) >= 11 is 1.19. The van der Waals surface area contributed by atoms with Crippen LogP contribution in [0.4, 0.5) is 5.69 Å². The van der Waals surface area contributed by atoms with E-state index in [1.54, 1.807) is 39.0 Å². The predicted molar refractivity (Wildman–Crippen MR) is 160 cm³/mol. The number of allylic oxidation sites excluding steroid dienone is 1. The van der Waals surface area contributed by atoms with E-state index in [-0.39, 0.29) is 23.4 Å². The second-order valence-electron chi connectivity index (χ2n) is 9.95. The molecule has 0 saturated carbocycles. The predicted octanol–water partition coefficient (Wildman–Crippen LogP) is 4.90. The Hall–Kier alpha value is -4.83. The highest BCUT2D eigenvalue weighted by Crippen LogP contribution is 2.33. The van der Waals surface area contributed by atoms with Crippen molar-refractivity contribution < 1.29 is 19.2 Å². The average Bonchev–Trinajstić information content (AvgIpc) is 3.27. The zero-order valence-corrected chi connectivity index (χ0v) is 24.4. The Bertz CT molecular complexity index is 1890. The first-order chi connectivity index (χ1) is 20.2. The molecule has 214 valence electrons. The fourth-order valence-corrected chi connectivity index (χ4v) is 5.81. The number of hydrogen-bond donors (Lipinski definition) is 0. The van der Waals surface area contributed by atoms with Crippen LogP contribution in [0.3, 0.4) is 0 Å². The molecule has 0 radical (unpaired) electrons. The number of benzene rings is 3. The Morgan fingerprint density at radius 3 is 2.45 bits per heavy atom. The number of nitro benzene ring substituents is 1. The van der Waals surface area contributed by atoms with E-state index in [0.717, 1.165) is 11.1 Å². The summed E-state index contributed by atoms with van der Waals surface area (Å²) < 4.78 is 13.0. The van der Waals surface area contributed by atoms with Gasteiger partial charge in [-0.25, -0.2) is 9.79 Å². The summed E-state index contributed by atoms with van der Waals surface area (Å²) in [5, 5.41) is 11.7. The number of nitrogens with zero attached hydrogens (tertiary/aromatic N) is 3. The second-order valence-corrected chi connectivity index (χ2v) is 11.0. The summed E-state index contributed by atoms with van der Waals surface area (Å²) in [5.74, 6) is 0.0762. The van der Waals surface area contributed by atoms with E-state index < -0.39 is 16.9 Å².